The van der Waals surface area contributed by atoms with E-state index in [4.69, 9.17) is 0 Å². The van der Waals surface area contributed by atoms with Gasteiger partial charge in [0.15, 0.2) is 0 Å². The molecular formula is C54H47N. The number of rotatable bonds is 3. The maximum Gasteiger partial charge on any atom is 0.0465 e. The molecule has 1 nitrogen and oxygen atoms in total. The van der Waals surface area contributed by atoms with Crippen molar-refractivity contribution in [1.29, 1.82) is 0 Å². The van der Waals surface area contributed by atoms with Crippen molar-refractivity contribution in [3.63, 3.8) is 0 Å². The Morgan fingerprint density at radius 1 is 0.255 bits per heavy atom. The van der Waals surface area contributed by atoms with Crippen LogP contribution in [-0.4, -0.2) is 0 Å². The predicted octanol–water partition coefficient (Wildman–Crippen LogP) is 14.4. The second kappa shape index (κ2) is 10.5. The molecular weight excluding hydrogens is 663 g/mol. The average molecular weight is 710 g/mol. The zero-order valence-electron chi connectivity index (χ0n) is 33.2. The molecule has 0 spiro atoms. The Kier molecular flexibility index (Phi) is 6.28. The SMILES string of the molecule is CC1(C)c2ccccc2-c2cc3c(cc21)-c1cc2c(cc1C3(C)C)-c1cc3c(cc1C2(C)C)-c1ccc(N(c2ccccc2)c2ccccc2)cc1C3(C)C. The van der Waals surface area contributed by atoms with Crippen molar-refractivity contribution in [3.8, 4) is 44.5 Å². The van der Waals surface area contributed by atoms with Gasteiger partial charge in [-0.1, -0.05) is 122 Å². The van der Waals surface area contributed by atoms with E-state index < -0.39 is 0 Å². The zero-order chi connectivity index (χ0) is 37.8. The molecule has 0 amide bonds. The zero-order valence-corrected chi connectivity index (χ0v) is 33.2. The second-order valence-corrected chi connectivity index (χ2v) is 18.6. The highest BCUT2D eigenvalue weighted by Gasteiger charge is 2.46. The van der Waals surface area contributed by atoms with Crippen LogP contribution in [0.25, 0.3) is 44.5 Å². The Bertz CT molecular complexity index is 2750. The summed E-state index contributed by atoms with van der Waals surface area (Å²) in [5.74, 6) is 0. The van der Waals surface area contributed by atoms with E-state index >= 15 is 0 Å². The number of hydrogen-bond donors (Lipinski definition) is 0. The van der Waals surface area contributed by atoms with E-state index in [0.29, 0.717) is 0 Å². The molecule has 0 saturated heterocycles. The molecule has 7 aromatic carbocycles. The van der Waals surface area contributed by atoms with Crippen LogP contribution in [0.1, 0.15) is 99.9 Å². The first kappa shape index (κ1) is 32.7. The third-order valence-electron chi connectivity index (χ3n) is 14.2. The largest absolute Gasteiger partial charge is 0.310 e. The van der Waals surface area contributed by atoms with Gasteiger partial charge in [0.2, 0.25) is 0 Å². The van der Waals surface area contributed by atoms with Crippen LogP contribution in [0.4, 0.5) is 17.1 Å². The minimum Gasteiger partial charge on any atom is -0.310 e. The van der Waals surface area contributed by atoms with Crippen molar-refractivity contribution >= 4 is 17.1 Å². The lowest BCUT2D eigenvalue weighted by Gasteiger charge is -2.28. The normalized spacial score (nSPS) is 17.3. The number of anilines is 3. The maximum atomic E-state index is 2.58. The molecule has 1 heteroatoms. The summed E-state index contributed by atoms with van der Waals surface area (Å²) in [5.41, 5.74) is 25.8. The molecule has 0 fully saturated rings. The number of benzene rings is 7. The first-order valence-corrected chi connectivity index (χ1v) is 20.0. The van der Waals surface area contributed by atoms with Crippen molar-refractivity contribution in [1.82, 2.24) is 0 Å². The predicted molar refractivity (Wildman–Crippen MR) is 231 cm³/mol. The lowest BCUT2D eigenvalue weighted by molar-refractivity contribution is 0.648. The molecule has 0 aromatic heterocycles. The molecule has 4 aliphatic rings. The van der Waals surface area contributed by atoms with Gasteiger partial charge in [-0.3, -0.25) is 0 Å². The third-order valence-corrected chi connectivity index (χ3v) is 14.2. The van der Waals surface area contributed by atoms with Crippen LogP contribution < -0.4 is 4.90 Å². The lowest BCUT2D eigenvalue weighted by atomic mass is 9.78. The molecule has 0 unspecified atom stereocenters. The number of fused-ring (bicyclic) bond motifs is 12. The van der Waals surface area contributed by atoms with Gasteiger partial charge in [0, 0.05) is 38.7 Å². The summed E-state index contributed by atoms with van der Waals surface area (Å²) in [6, 6.07) is 53.1. The molecule has 11 rings (SSSR count). The summed E-state index contributed by atoms with van der Waals surface area (Å²) in [7, 11) is 0. The summed E-state index contributed by atoms with van der Waals surface area (Å²) in [5, 5.41) is 0. The van der Waals surface area contributed by atoms with E-state index in [0.717, 1.165) is 11.4 Å². The van der Waals surface area contributed by atoms with Crippen LogP contribution in [0.2, 0.25) is 0 Å². The summed E-state index contributed by atoms with van der Waals surface area (Å²) in [6.07, 6.45) is 0. The van der Waals surface area contributed by atoms with Gasteiger partial charge >= 0.3 is 0 Å². The van der Waals surface area contributed by atoms with Crippen molar-refractivity contribution in [2.45, 2.75) is 77.0 Å². The lowest BCUT2D eigenvalue weighted by Crippen LogP contribution is -2.18. The topological polar surface area (TPSA) is 3.24 Å². The summed E-state index contributed by atoms with van der Waals surface area (Å²) in [4.78, 5) is 2.38. The highest BCUT2D eigenvalue weighted by atomic mass is 15.1. The molecule has 0 atom stereocenters. The molecule has 55 heavy (non-hydrogen) atoms. The summed E-state index contributed by atoms with van der Waals surface area (Å²) in [6.45, 7) is 19.4. The summed E-state index contributed by atoms with van der Waals surface area (Å²) >= 11 is 0. The first-order chi connectivity index (χ1) is 26.3. The number of nitrogens with zero attached hydrogens (tertiary/aromatic N) is 1. The van der Waals surface area contributed by atoms with Crippen LogP contribution in [0.3, 0.4) is 0 Å². The van der Waals surface area contributed by atoms with Gasteiger partial charge in [0.05, 0.1) is 0 Å². The third kappa shape index (κ3) is 4.14. The van der Waals surface area contributed by atoms with Crippen molar-refractivity contribution in [3.05, 3.63) is 184 Å². The molecule has 0 heterocycles. The highest BCUT2D eigenvalue weighted by molar-refractivity contribution is 5.95. The van der Waals surface area contributed by atoms with E-state index in [-0.39, 0.29) is 21.7 Å². The molecule has 0 aliphatic heterocycles. The Hall–Kier alpha value is -5.66. The van der Waals surface area contributed by atoms with E-state index in [1.165, 1.54) is 94.7 Å². The van der Waals surface area contributed by atoms with Crippen molar-refractivity contribution < 1.29 is 0 Å². The monoisotopic (exact) mass is 709 g/mol. The molecule has 0 radical (unpaired) electrons. The molecule has 268 valence electrons. The van der Waals surface area contributed by atoms with Gasteiger partial charge in [-0.05, 0) is 162 Å². The Morgan fingerprint density at radius 2 is 0.564 bits per heavy atom. The van der Waals surface area contributed by atoms with Crippen LogP contribution >= 0.6 is 0 Å². The molecule has 0 N–H and O–H groups in total. The summed E-state index contributed by atoms with van der Waals surface area (Å²) < 4.78 is 0. The van der Waals surface area contributed by atoms with E-state index in [9.17, 15) is 0 Å². The van der Waals surface area contributed by atoms with Crippen molar-refractivity contribution in [2.24, 2.45) is 0 Å². The molecule has 0 bridgehead atoms. The first-order valence-electron chi connectivity index (χ1n) is 20.0. The minimum absolute atomic E-state index is 0.0219. The van der Waals surface area contributed by atoms with Crippen LogP contribution in [0.15, 0.2) is 140 Å². The fourth-order valence-corrected chi connectivity index (χ4v) is 11.1. The quantitative estimate of drug-likeness (QED) is 0.177. The Labute approximate surface area is 326 Å². The Balaban J connectivity index is 1.04. The maximum absolute atomic E-state index is 2.58. The fraction of sp³-hybridized carbons (Fsp3) is 0.222. The van der Waals surface area contributed by atoms with Crippen LogP contribution in [-0.2, 0) is 21.7 Å². The molecule has 4 aliphatic carbocycles. The highest BCUT2D eigenvalue weighted by Crippen LogP contribution is 2.61. The van der Waals surface area contributed by atoms with Gasteiger partial charge in [0.1, 0.15) is 0 Å². The Morgan fingerprint density at radius 3 is 0.982 bits per heavy atom. The molecule has 7 aromatic rings. The van der Waals surface area contributed by atoms with E-state index in [1.807, 2.05) is 0 Å². The van der Waals surface area contributed by atoms with Crippen LogP contribution in [0, 0.1) is 0 Å². The van der Waals surface area contributed by atoms with Gasteiger partial charge in [-0.15, -0.1) is 0 Å². The number of hydrogen-bond acceptors (Lipinski definition) is 1. The van der Waals surface area contributed by atoms with E-state index in [2.05, 4.69) is 200 Å². The fourth-order valence-electron chi connectivity index (χ4n) is 11.1. The smallest absolute Gasteiger partial charge is 0.0465 e. The van der Waals surface area contributed by atoms with Gasteiger partial charge in [-0.25, -0.2) is 0 Å². The van der Waals surface area contributed by atoms with Gasteiger partial charge in [-0.2, -0.15) is 0 Å². The number of para-hydroxylation sites is 2. The van der Waals surface area contributed by atoms with Crippen LogP contribution in [0.5, 0.6) is 0 Å². The standard InChI is InChI=1S/C54H47N/c1-51(2)43-22-16-15-21-35(43)37-26-47-39(28-45(37)51)41-30-50-42(31-49(41)53(47,5)6)40-29-46-38(27-48(40)54(50,7)8)36-24-23-34(25-44(36)52(46,3)4)55(32-17-11-9-12-18-32)33-19-13-10-14-20-33/h9-31H,1-8H3. The van der Waals surface area contributed by atoms with Crippen molar-refractivity contribution in [2.75, 3.05) is 4.90 Å². The average Bonchev–Trinajstić information content (AvgIpc) is 3.73. The van der Waals surface area contributed by atoms with Gasteiger partial charge < -0.3 is 4.90 Å². The molecule has 0 saturated carbocycles. The second-order valence-electron chi connectivity index (χ2n) is 18.6. The van der Waals surface area contributed by atoms with E-state index in [1.54, 1.807) is 0 Å². The minimum atomic E-state index is -0.155. The van der Waals surface area contributed by atoms with Gasteiger partial charge in [0.25, 0.3) is 0 Å².